The van der Waals surface area contributed by atoms with Gasteiger partial charge in [0.25, 0.3) is 0 Å². The predicted molar refractivity (Wildman–Crippen MR) is 78.0 cm³/mol. The fraction of sp³-hybridized carbons (Fsp3) is 0.400. The van der Waals surface area contributed by atoms with Gasteiger partial charge in [-0.25, -0.2) is 4.98 Å². The molecule has 0 aliphatic rings. The molecule has 0 saturated carbocycles. The van der Waals surface area contributed by atoms with Crippen LogP contribution in [-0.2, 0) is 6.42 Å². The zero-order valence-electron chi connectivity index (χ0n) is 11.0. The van der Waals surface area contributed by atoms with Crippen LogP contribution in [0.25, 0.3) is 0 Å². The zero-order chi connectivity index (χ0) is 12.8. The number of nitrogens with one attached hydrogen (secondary N) is 1. The van der Waals surface area contributed by atoms with Crippen molar-refractivity contribution in [3.63, 3.8) is 0 Å². The molecule has 1 heterocycles. The Morgan fingerprint density at radius 2 is 2.06 bits per heavy atom. The predicted octanol–water partition coefficient (Wildman–Crippen LogP) is 3.73. The summed E-state index contributed by atoms with van der Waals surface area (Å²) in [4.78, 5) is 5.74. The molecule has 18 heavy (non-hydrogen) atoms. The Kier molecular flexibility index (Phi) is 4.90. The maximum atomic E-state index is 4.35. The molecule has 0 spiro atoms. The van der Waals surface area contributed by atoms with Gasteiger partial charge in [-0.1, -0.05) is 37.3 Å². The van der Waals surface area contributed by atoms with Gasteiger partial charge in [0.1, 0.15) is 0 Å². The molecule has 2 nitrogen and oxygen atoms in total. The van der Waals surface area contributed by atoms with Gasteiger partial charge >= 0.3 is 0 Å². The fourth-order valence-electron chi connectivity index (χ4n) is 2.17. The van der Waals surface area contributed by atoms with E-state index in [0.29, 0.717) is 6.04 Å². The lowest BCUT2D eigenvalue weighted by atomic mass is 10.0. The molecule has 1 atom stereocenters. The van der Waals surface area contributed by atoms with Gasteiger partial charge in [-0.3, -0.25) is 0 Å². The van der Waals surface area contributed by atoms with E-state index >= 15 is 0 Å². The molecule has 0 aliphatic carbocycles. The summed E-state index contributed by atoms with van der Waals surface area (Å²) in [5.41, 5.74) is 4.51. The van der Waals surface area contributed by atoms with Crippen molar-refractivity contribution in [1.29, 1.82) is 0 Å². The smallest absolute Gasteiger partial charge is 0.0798 e. The molecular weight excluding hydrogens is 240 g/mol. The van der Waals surface area contributed by atoms with E-state index in [1.165, 1.54) is 16.1 Å². The van der Waals surface area contributed by atoms with Gasteiger partial charge in [-0.15, -0.1) is 11.3 Å². The quantitative estimate of drug-likeness (QED) is 0.856. The summed E-state index contributed by atoms with van der Waals surface area (Å²) in [6.45, 7) is 5.25. The molecule has 0 radical (unpaired) electrons. The van der Waals surface area contributed by atoms with E-state index in [1.54, 1.807) is 11.3 Å². The number of benzene rings is 1. The summed E-state index contributed by atoms with van der Waals surface area (Å²) in [6, 6.07) is 11.1. The first-order valence-corrected chi connectivity index (χ1v) is 7.36. The minimum Gasteiger partial charge on any atom is -0.309 e. The molecule has 0 aliphatic heterocycles. The second kappa shape index (κ2) is 6.66. The van der Waals surface area contributed by atoms with Gasteiger partial charge in [0.05, 0.1) is 11.2 Å². The largest absolute Gasteiger partial charge is 0.309 e. The number of aryl methyl sites for hydroxylation is 2. The number of rotatable bonds is 6. The Morgan fingerprint density at radius 1 is 1.28 bits per heavy atom. The van der Waals surface area contributed by atoms with Crippen LogP contribution in [-0.4, -0.2) is 11.5 Å². The van der Waals surface area contributed by atoms with Crippen LogP contribution in [0.3, 0.4) is 0 Å². The van der Waals surface area contributed by atoms with Crippen molar-refractivity contribution in [3.8, 4) is 0 Å². The molecule has 2 rings (SSSR count). The highest BCUT2D eigenvalue weighted by Gasteiger charge is 2.14. The van der Waals surface area contributed by atoms with Crippen molar-refractivity contribution in [2.45, 2.75) is 32.7 Å². The van der Waals surface area contributed by atoms with Crippen molar-refractivity contribution >= 4 is 11.3 Å². The Morgan fingerprint density at radius 3 is 2.67 bits per heavy atom. The van der Waals surface area contributed by atoms with Crippen molar-refractivity contribution in [2.24, 2.45) is 0 Å². The summed E-state index contributed by atoms with van der Waals surface area (Å²) in [6.07, 6.45) is 2.23. The van der Waals surface area contributed by atoms with Gasteiger partial charge < -0.3 is 5.32 Å². The van der Waals surface area contributed by atoms with Gasteiger partial charge in [-0.05, 0) is 31.9 Å². The van der Waals surface area contributed by atoms with Crippen LogP contribution in [0.15, 0.2) is 35.8 Å². The van der Waals surface area contributed by atoms with Crippen LogP contribution in [0.2, 0.25) is 0 Å². The van der Waals surface area contributed by atoms with Crippen molar-refractivity contribution in [2.75, 3.05) is 6.54 Å². The number of hydrogen-bond donors (Lipinski definition) is 1. The lowest BCUT2D eigenvalue weighted by Crippen LogP contribution is -2.21. The molecular formula is C15H20N2S. The second-order valence-electron chi connectivity index (χ2n) is 4.44. The molecule has 0 saturated heterocycles. The highest BCUT2D eigenvalue weighted by Crippen LogP contribution is 2.25. The Balaban J connectivity index is 2.01. The molecule has 0 bridgehead atoms. The van der Waals surface area contributed by atoms with Crippen LogP contribution < -0.4 is 5.32 Å². The third-order valence-corrected chi connectivity index (χ3v) is 4.16. The highest BCUT2D eigenvalue weighted by molar-refractivity contribution is 7.09. The van der Waals surface area contributed by atoms with Crippen LogP contribution >= 0.6 is 11.3 Å². The van der Waals surface area contributed by atoms with Gasteiger partial charge in [0.15, 0.2) is 0 Å². The summed E-state index contributed by atoms with van der Waals surface area (Å²) >= 11 is 1.76. The Labute approximate surface area is 113 Å². The number of nitrogens with zero attached hydrogens (tertiary/aromatic N) is 1. The summed E-state index contributed by atoms with van der Waals surface area (Å²) in [5, 5.41) is 3.57. The molecule has 2 aromatic rings. The topological polar surface area (TPSA) is 24.9 Å². The zero-order valence-corrected chi connectivity index (χ0v) is 11.8. The summed E-state index contributed by atoms with van der Waals surface area (Å²) in [5.74, 6) is 0. The summed E-state index contributed by atoms with van der Waals surface area (Å²) < 4.78 is 0. The highest BCUT2D eigenvalue weighted by atomic mass is 32.1. The van der Waals surface area contributed by atoms with E-state index in [0.717, 1.165) is 19.4 Å². The lowest BCUT2D eigenvalue weighted by Gasteiger charge is -2.17. The monoisotopic (exact) mass is 260 g/mol. The van der Waals surface area contributed by atoms with E-state index in [4.69, 9.17) is 0 Å². The molecule has 0 fully saturated rings. The first kappa shape index (κ1) is 13.2. The van der Waals surface area contributed by atoms with Crippen LogP contribution in [0.5, 0.6) is 0 Å². The Hall–Kier alpha value is -1.19. The van der Waals surface area contributed by atoms with Crippen molar-refractivity contribution in [3.05, 3.63) is 52.0 Å². The molecule has 1 unspecified atom stereocenters. The first-order valence-electron chi connectivity index (χ1n) is 6.48. The molecule has 3 heteroatoms. The van der Waals surface area contributed by atoms with E-state index in [9.17, 15) is 0 Å². The SMILES string of the molecule is CCNC(CCc1ccccc1)c1scnc1C. The minimum atomic E-state index is 0.433. The average Bonchev–Trinajstić information content (AvgIpc) is 2.82. The third-order valence-electron chi connectivity index (χ3n) is 3.11. The fourth-order valence-corrected chi connectivity index (χ4v) is 3.09. The van der Waals surface area contributed by atoms with Crippen LogP contribution in [0.4, 0.5) is 0 Å². The van der Waals surface area contributed by atoms with E-state index < -0.39 is 0 Å². The summed E-state index contributed by atoms with van der Waals surface area (Å²) in [7, 11) is 0. The van der Waals surface area contributed by atoms with Gasteiger partial charge in [0.2, 0.25) is 0 Å². The number of aromatic nitrogens is 1. The van der Waals surface area contributed by atoms with Crippen LogP contribution in [0.1, 0.15) is 35.5 Å². The van der Waals surface area contributed by atoms with E-state index in [2.05, 4.69) is 54.5 Å². The van der Waals surface area contributed by atoms with Gasteiger partial charge in [-0.2, -0.15) is 0 Å². The first-order chi connectivity index (χ1) is 8.81. The average molecular weight is 260 g/mol. The molecule has 1 aromatic heterocycles. The second-order valence-corrected chi connectivity index (χ2v) is 5.32. The maximum Gasteiger partial charge on any atom is 0.0798 e. The standard InChI is InChI=1S/C15H20N2S/c1-3-16-14(15-12(2)17-11-18-15)10-9-13-7-5-4-6-8-13/h4-8,11,14,16H,3,9-10H2,1-2H3. The van der Waals surface area contributed by atoms with Gasteiger partial charge in [0, 0.05) is 10.9 Å². The van der Waals surface area contributed by atoms with E-state index in [-0.39, 0.29) is 0 Å². The van der Waals surface area contributed by atoms with Crippen molar-refractivity contribution in [1.82, 2.24) is 10.3 Å². The molecule has 96 valence electrons. The lowest BCUT2D eigenvalue weighted by molar-refractivity contribution is 0.520. The van der Waals surface area contributed by atoms with Crippen molar-refractivity contribution < 1.29 is 0 Å². The minimum absolute atomic E-state index is 0.433. The number of thiazole rings is 1. The third kappa shape index (κ3) is 3.40. The normalized spacial score (nSPS) is 12.6. The number of hydrogen-bond acceptors (Lipinski definition) is 3. The van der Waals surface area contributed by atoms with E-state index in [1.807, 2.05) is 5.51 Å². The molecule has 1 N–H and O–H groups in total. The van der Waals surface area contributed by atoms with Crippen LogP contribution in [0, 0.1) is 6.92 Å². The molecule has 0 amide bonds. The maximum absolute atomic E-state index is 4.35. The Bertz CT molecular complexity index is 464. The molecule has 1 aromatic carbocycles.